The fourth-order valence-electron chi connectivity index (χ4n) is 3.24. The zero-order valence-electron chi connectivity index (χ0n) is 15.7. The Labute approximate surface area is 186 Å². The number of benzene rings is 3. The third kappa shape index (κ3) is 3.79. The van der Waals surface area contributed by atoms with Gasteiger partial charge in [-0.15, -0.1) is 0 Å². The van der Waals surface area contributed by atoms with Crippen LogP contribution in [0.4, 0.5) is 8.78 Å². The van der Waals surface area contributed by atoms with Crippen molar-refractivity contribution < 1.29 is 13.6 Å². The summed E-state index contributed by atoms with van der Waals surface area (Å²) in [5, 5.41) is -0.282. The maximum atomic E-state index is 15.1. The summed E-state index contributed by atoms with van der Waals surface area (Å²) in [4.78, 5) is 17.1. The first-order valence-electron chi connectivity index (χ1n) is 9.01. The molecule has 0 aliphatic rings. The van der Waals surface area contributed by atoms with Crippen molar-refractivity contribution in [1.82, 2.24) is 15.0 Å². The topological polar surface area (TPSA) is 72.9 Å². The van der Waals surface area contributed by atoms with Crippen LogP contribution in [0, 0.1) is 11.6 Å². The number of carbonyl (C=O) groups excluding carboxylic acids is 1. The molecule has 5 nitrogen and oxygen atoms in total. The Balaban J connectivity index is 2.15. The van der Waals surface area contributed by atoms with Crippen molar-refractivity contribution in [3.63, 3.8) is 0 Å². The lowest BCUT2D eigenvalue weighted by Crippen LogP contribution is -2.30. The highest BCUT2D eigenvalue weighted by molar-refractivity contribution is 6.31. The molecule has 1 amide bonds. The van der Waals surface area contributed by atoms with Gasteiger partial charge in [-0.2, -0.15) is 0 Å². The Morgan fingerprint density at radius 2 is 1.68 bits per heavy atom. The van der Waals surface area contributed by atoms with Crippen molar-refractivity contribution in [3.8, 4) is 28.3 Å². The van der Waals surface area contributed by atoms with E-state index < -0.39 is 17.5 Å². The number of aromatic nitrogens is 2. The molecule has 0 fully saturated rings. The quantitative estimate of drug-likeness (QED) is 0.244. The van der Waals surface area contributed by atoms with Crippen molar-refractivity contribution >= 4 is 29.1 Å². The van der Waals surface area contributed by atoms with Crippen LogP contribution in [0.2, 0.25) is 10.0 Å². The van der Waals surface area contributed by atoms with Crippen LogP contribution in [0.3, 0.4) is 0 Å². The van der Waals surface area contributed by atoms with Crippen LogP contribution in [0.5, 0.6) is 0 Å². The summed E-state index contributed by atoms with van der Waals surface area (Å²) in [6.07, 6.45) is 0. The number of rotatable bonds is 4. The molecule has 1 heterocycles. The van der Waals surface area contributed by atoms with E-state index in [0.29, 0.717) is 11.1 Å². The number of halogens is 4. The van der Waals surface area contributed by atoms with Gasteiger partial charge in [-0.25, -0.2) is 19.6 Å². The van der Waals surface area contributed by atoms with Crippen LogP contribution in [-0.4, -0.2) is 15.5 Å². The van der Waals surface area contributed by atoms with Gasteiger partial charge < -0.3 is 0 Å². The number of nitrogens with two attached hydrogens (primary N) is 1. The summed E-state index contributed by atoms with van der Waals surface area (Å²) < 4.78 is 30.4. The summed E-state index contributed by atoms with van der Waals surface area (Å²) in [6, 6.07) is 17.2. The molecule has 0 bridgehead atoms. The van der Waals surface area contributed by atoms with Crippen molar-refractivity contribution in [2.45, 2.75) is 0 Å². The Bertz CT molecular complexity index is 1290. The Hall–Kier alpha value is -3.26. The summed E-state index contributed by atoms with van der Waals surface area (Å²) in [6.45, 7) is 0. The van der Waals surface area contributed by atoms with Gasteiger partial charge in [0.05, 0.1) is 21.4 Å². The fourth-order valence-corrected chi connectivity index (χ4v) is 3.59. The lowest BCUT2D eigenvalue weighted by molar-refractivity contribution is 0.0950. The van der Waals surface area contributed by atoms with Crippen LogP contribution in [0.25, 0.3) is 28.3 Å². The molecule has 0 saturated carbocycles. The van der Waals surface area contributed by atoms with Crippen LogP contribution in [0.15, 0.2) is 66.7 Å². The van der Waals surface area contributed by atoms with Gasteiger partial charge >= 0.3 is 0 Å². The van der Waals surface area contributed by atoms with Crippen molar-refractivity contribution in [2.24, 2.45) is 5.84 Å². The monoisotopic (exact) mass is 458 g/mol. The highest BCUT2D eigenvalue weighted by Gasteiger charge is 2.27. The molecule has 0 aliphatic heterocycles. The number of hydrogen-bond donors (Lipinski definition) is 2. The maximum Gasteiger partial charge on any atom is 0.286 e. The molecule has 0 unspecified atom stereocenters. The predicted octanol–water partition coefficient (Wildman–Crippen LogP) is 5.39. The molecule has 3 aromatic carbocycles. The van der Waals surface area contributed by atoms with Gasteiger partial charge in [0.1, 0.15) is 11.6 Å². The number of amides is 1. The molecular weight excluding hydrogens is 445 g/mol. The van der Waals surface area contributed by atoms with E-state index in [4.69, 9.17) is 29.0 Å². The average molecular weight is 459 g/mol. The van der Waals surface area contributed by atoms with Gasteiger partial charge in [-0.05, 0) is 30.3 Å². The first-order chi connectivity index (χ1) is 14.9. The Morgan fingerprint density at radius 1 is 0.935 bits per heavy atom. The lowest BCUT2D eigenvalue weighted by Gasteiger charge is -2.15. The van der Waals surface area contributed by atoms with E-state index in [2.05, 4.69) is 4.98 Å². The normalized spacial score (nSPS) is 10.9. The molecular formula is C22H14Cl2F2N4O. The molecule has 0 spiro atoms. The molecule has 4 aromatic rings. The molecule has 0 aliphatic carbocycles. The number of hydrazine groups is 1. The zero-order chi connectivity index (χ0) is 22.1. The van der Waals surface area contributed by atoms with Gasteiger partial charge in [-0.3, -0.25) is 14.8 Å². The lowest BCUT2D eigenvalue weighted by atomic mass is 10.1. The highest BCUT2D eigenvalue weighted by atomic mass is 35.5. The minimum Gasteiger partial charge on any atom is -0.289 e. The number of nitrogens with zero attached hydrogens (tertiary/aromatic N) is 2. The standard InChI is InChI=1S/C22H14Cl2F2N4O/c23-14-7-4-8-17(18(14)26)30-20(13-9-10-16(25)15(24)11-13)19(22(31)29-27)28-21(30)12-5-2-1-3-6-12/h1-11H,27H2,(H,29,31). The van der Waals surface area contributed by atoms with Gasteiger partial charge in [0.15, 0.2) is 11.5 Å². The summed E-state index contributed by atoms with van der Waals surface area (Å²) >= 11 is 12.0. The van der Waals surface area contributed by atoms with Gasteiger partial charge in [0.2, 0.25) is 0 Å². The molecule has 3 N–H and O–H groups in total. The smallest absolute Gasteiger partial charge is 0.286 e. The van der Waals surface area contributed by atoms with E-state index in [1.807, 2.05) is 11.5 Å². The average Bonchev–Trinajstić information content (AvgIpc) is 3.18. The molecule has 9 heteroatoms. The van der Waals surface area contributed by atoms with E-state index in [-0.39, 0.29) is 32.9 Å². The third-order valence-electron chi connectivity index (χ3n) is 4.62. The summed E-state index contributed by atoms with van der Waals surface area (Å²) in [7, 11) is 0. The molecule has 0 atom stereocenters. The van der Waals surface area contributed by atoms with Gasteiger partial charge in [0.25, 0.3) is 5.91 Å². The number of hydrogen-bond acceptors (Lipinski definition) is 3. The number of carbonyl (C=O) groups is 1. The van der Waals surface area contributed by atoms with E-state index in [1.165, 1.54) is 28.8 Å². The second-order valence-electron chi connectivity index (χ2n) is 6.51. The second kappa shape index (κ2) is 8.47. The molecule has 4 rings (SSSR count). The molecule has 31 heavy (non-hydrogen) atoms. The van der Waals surface area contributed by atoms with Crippen LogP contribution in [-0.2, 0) is 0 Å². The largest absolute Gasteiger partial charge is 0.289 e. The molecule has 0 saturated heterocycles. The minimum atomic E-state index is -0.715. The number of imidazole rings is 1. The fraction of sp³-hybridized carbons (Fsp3) is 0. The van der Waals surface area contributed by atoms with Crippen molar-refractivity contribution in [3.05, 3.63) is 94.1 Å². The van der Waals surface area contributed by atoms with Crippen LogP contribution in [0.1, 0.15) is 10.5 Å². The third-order valence-corrected chi connectivity index (χ3v) is 5.20. The highest BCUT2D eigenvalue weighted by Crippen LogP contribution is 2.36. The number of nitrogens with one attached hydrogen (secondary N) is 1. The van der Waals surface area contributed by atoms with E-state index in [1.54, 1.807) is 30.3 Å². The molecule has 1 aromatic heterocycles. The van der Waals surface area contributed by atoms with Crippen molar-refractivity contribution in [1.29, 1.82) is 0 Å². The van der Waals surface area contributed by atoms with Gasteiger partial charge in [-0.1, -0.05) is 59.6 Å². The van der Waals surface area contributed by atoms with Crippen LogP contribution >= 0.6 is 23.2 Å². The second-order valence-corrected chi connectivity index (χ2v) is 7.32. The molecule has 156 valence electrons. The Kier molecular flexibility index (Phi) is 5.73. The van der Waals surface area contributed by atoms with E-state index >= 15 is 4.39 Å². The van der Waals surface area contributed by atoms with E-state index in [0.717, 1.165) is 6.07 Å². The molecule has 0 radical (unpaired) electrons. The maximum absolute atomic E-state index is 15.1. The number of nitrogen functional groups attached to an aromatic ring is 1. The Morgan fingerprint density at radius 3 is 2.35 bits per heavy atom. The van der Waals surface area contributed by atoms with E-state index in [9.17, 15) is 9.18 Å². The predicted molar refractivity (Wildman–Crippen MR) is 116 cm³/mol. The SMILES string of the molecule is NNC(=O)c1nc(-c2ccccc2)n(-c2cccc(Cl)c2F)c1-c1ccc(F)c(Cl)c1. The van der Waals surface area contributed by atoms with Gasteiger partial charge in [0, 0.05) is 11.1 Å². The first kappa shape index (κ1) is 21.0. The summed E-state index contributed by atoms with van der Waals surface area (Å²) in [5.74, 6) is 3.56. The first-order valence-corrected chi connectivity index (χ1v) is 9.77. The van der Waals surface area contributed by atoms with Crippen molar-refractivity contribution in [2.75, 3.05) is 0 Å². The van der Waals surface area contributed by atoms with Crippen LogP contribution < -0.4 is 11.3 Å². The zero-order valence-corrected chi connectivity index (χ0v) is 17.3. The summed E-state index contributed by atoms with van der Waals surface area (Å²) in [5.41, 5.74) is 3.11. The minimum absolute atomic E-state index is 0.0466.